The van der Waals surface area contributed by atoms with Crippen molar-refractivity contribution in [1.29, 1.82) is 0 Å². The normalized spacial score (nSPS) is 11.0. The van der Waals surface area contributed by atoms with Crippen LogP contribution in [0.1, 0.15) is 21.7 Å². The lowest BCUT2D eigenvalue weighted by atomic mass is 10.0. The highest BCUT2D eigenvalue weighted by Gasteiger charge is 2.17. The topological polar surface area (TPSA) is 56.5 Å². The van der Waals surface area contributed by atoms with Gasteiger partial charge in [0.2, 0.25) is 0 Å². The minimum absolute atomic E-state index is 0.239. The fourth-order valence-electron chi connectivity index (χ4n) is 3.07. The summed E-state index contributed by atoms with van der Waals surface area (Å²) in [5.74, 6) is -0.809. The second-order valence-electron chi connectivity index (χ2n) is 6.19. The molecule has 5 nitrogen and oxygen atoms in total. The maximum Gasteiger partial charge on any atom is 0.356 e. The standard InChI is InChI=1S/C21H15ClFN3O2/c1-28-21(27)18-4-2-3-16(24-18)11-17-19-10-7-14(22)12-26(19)25-20(17)13-5-8-15(23)9-6-13/h2-10,12H,11H2,1H3. The molecule has 7 heteroatoms. The van der Waals surface area contributed by atoms with Crippen molar-refractivity contribution < 1.29 is 13.9 Å². The molecule has 0 aliphatic heterocycles. The highest BCUT2D eigenvalue weighted by Crippen LogP contribution is 2.29. The Balaban J connectivity index is 1.84. The van der Waals surface area contributed by atoms with Crippen LogP contribution in [0.4, 0.5) is 4.39 Å². The van der Waals surface area contributed by atoms with Crippen LogP contribution < -0.4 is 0 Å². The Morgan fingerprint density at radius 2 is 1.93 bits per heavy atom. The molecular weight excluding hydrogens is 381 g/mol. The van der Waals surface area contributed by atoms with Gasteiger partial charge < -0.3 is 4.74 Å². The van der Waals surface area contributed by atoms with Gasteiger partial charge >= 0.3 is 5.97 Å². The fraction of sp³-hybridized carbons (Fsp3) is 0.0952. The van der Waals surface area contributed by atoms with Crippen molar-refractivity contribution in [2.75, 3.05) is 7.11 Å². The number of benzene rings is 1. The molecule has 3 aromatic heterocycles. The van der Waals surface area contributed by atoms with E-state index in [9.17, 15) is 9.18 Å². The van der Waals surface area contributed by atoms with Gasteiger partial charge in [0.15, 0.2) is 0 Å². The Morgan fingerprint density at radius 3 is 2.68 bits per heavy atom. The molecule has 0 aliphatic rings. The van der Waals surface area contributed by atoms with Crippen LogP contribution in [0.25, 0.3) is 16.8 Å². The van der Waals surface area contributed by atoms with Gasteiger partial charge in [-0.25, -0.2) is 18.7 Å². The molecule has 0 spiro atoms. The van der Waals surface area contributed by atoms with Crippen molar-refractivity contribution in [1.82, 2.24) is 14.6 Å². The van der Waals surface area contributed by atoms with Crippen molar-refractivity contribution in [2.45, 2.75) is 6.42 Å². The summed E-state index contributed by atoms with van der Waals surface area (Å²) >= 11 is 6.10. The van der Waals surface area contributed by atoms with E-state index >= 15 is 0 Å². The minimum atomic E-state index is -0.493. The van der Waals surface area contributed by atoms with E-state index in [0.29, 0.717) is 22.8 Å². The SMILES string of the molecule is COC(=O)c1cccc(Cc2c(-c3ccc(F)cc3)nn3cc(Cl)ccc23)n1. The summed E-state index contributed by atoms with van der Waals surface area (Å²) in [7, 11) is 1.32. The first-order chi connectivity index (χ1) is 13.5. The van der Waals surface area contributed by atoms with Crippen molar-refractivity contribution in [3.8, 4) is 11.3 Å². The molecule has 0 N–H and O–H groups in total. The number of carbonyl (C=O) groups excluding carboxylic acids is 1. The van der Waals surface area contributed by atoms with E-state index in [1.807, 2.05) is 12.1 Å². The van der Waals surface area contributed by atoms with Crippen LogP contribution in [0.2, 0.25) is 5.02 Å². The quantitative estimate of drug-likeness (QED) is 0.475. The number of esters is 1. The summed E-state index contributed by atoms with van der Waals surface area (Å²) in [4.78, 5) is 16.2. The predicted octanol–water partition coefficient (Wildman–Crippen LogP) is 4.57. The third kappa shape index (κ3) is 3.46. The Kier molecular flexibility index (Phi) is 4.79. The number of hydrogen-bond donors (Lipinski definition) is 0. The lowest BCUT2D eigenvalue weighted by Gasteiger charge is -2.05. The van der Waals surface area contributed by atoms with Crippen LogP contribution in [-0.2, 0) is 11.2 Å². The zero-order valence-electron chi connectivity index (χ0n) is 14.9. The molecule has 4 rings (SSSR count). The summed E-state index contributed by atoms with van der Waals surface area (Å²) in [5.41, 5.74) is 4.17. The molecule has 0 amide bonds. The van der Waals surface area contributed by atoms with Gasteiger partial charge in [0, 0.05) is 29.4 Å². The molecule has 0 saturated heterocycles. The van der Waals surface area contributed by atoms with E-state index in [0.717, 1.165) is 16.6 Å². The number of methoxy groups -OCH3 is 1. The number of halogens is 2. The fourth-order valence-corrected chi connectivity index (χ4v) is 3.22. The number of rotatable bonds is 4. The van der Waals surface area contributed by atoms with Gasteiger partial charge in [-0.15, -0.1) is 0 Å². The molecule has 0 aliphatic carbocycles. The van der Waals surface area contributed by atoms with Gasteiger partial charge in [-0.1, -0.05) is 17.7 Å². The number of hydrogen-bond acceptors (Lipinski definition) is 4. The maximum absolute atomic E-state index is 13.4. The molecule has 0 radical (unpaired) electrons. The van der Waals surface area contributed by atoms with Crippen LogP contribution >= 0.6 is 11.6 Å². The Labute approximate surface area is 165 Å². The van der Waals surface area contributed by atoms with Crippen molar-refractivity contribution in [2.24, 2.45) is 0 Å². The van der Waals surface area contributed by atoms with Gasteiger partial charge in [0.1, 0.15) is 11.5 Å². The third-order valence-electron chi connectivity index (χ3n) is 4.37. The number of nitrogens with zero attached hydrogens (tertiary/aromatic N) is 3. The van der Waals surface area contributed by atoms with E-state index in [1.165, 1.54) is 19.2 Å². The first kappa shape index (κ1) is 18.1. The van der Waals surface area contributed by atoms with E-state index in [-0.39, 0.29) is 11.5 Å². The first-order valence-corrected chi connectivity index (χ1v) is 8.90. The van der Waals surface area contributed by atoms with Gasteiger partial charge in [0.05, 0.1) is 23.3 Å². The lowest BCUT2D eigenvalue weighted by molar-refractivity contribution is 0.0593. The Bertz CT molecular complexity index is 1170. The molecule has 28 heavy (non-hydrogen) atoms. The number of aromatic nitrogens is 3. The summed E-state index contributed by atoms with van der Waals surface area (Å²) in [5, 5.41) is 5.19. The second kappa shape index (κ2) is 7.40. The maximum atomic E-state index is 13.4. The minimum Gasteiger partial charge on any atom is -0.464 e. The monoisotopic (exact) mass is 395 g/mol. The first-order valence-electron chi connectivity index (χ1n) is 8.52. The Hall–Kier alpha value is -3.25. The van der Waals surface area contributed by atoms with Gasteiger partial charge in [-0.05, 0) is 48.5 Å². The summed E-state index contributed by atoms with van der Waals surface area (Å²) in [6, 6.07) is 15.0. The van der Waals surface area contributed by atoms with Crippen LogP contribution in [0.3, 0.4) is 0 Å². The summed E-state index contributed by atoms with van der Waals surface area (Å²) in [6.45, 7) is 0. The molecule has 140 valence electrons. The van der Waals surface area contributed by atoms with Crippen LogP contribution in [0.5, 0.6) is 0 Å². The number of carbonyl (C=O) groups is 1. The molecule has 0 saturated carbocycles. The van der Waals surface area contributed by atoms with E-state index in [4.69, 9.17) is 16.3 Å². The average Bonchev–Trinajstić information content (AvgIpc) is 3.05. The van der Waals surface area contributed by atoms with Crippen LogP contribution in [-0.4, -0.2) is 27.7 Å². The van der Waals surface area contributed by atoms with Crippen molar-refractivity contribution in [3.63, 3.8) is 0 Å². The lowest BCUT2D eigenvalue weighted by Crippen LogP contribution is -2.06. The molecule has 1 aromatic carbocycles. The van der Waals surface area contributed by atoms with Crippen molar-refractivity contribution >= 4 is 23.1 Å². The highest BCUT2D eigenvalue weighted by molar-refractivity contribution is 6.30. The molecule has 4 aromatic rings. The number of pyridine rings is 2. The van der Waals surface area contributed by atoms with E-state index in [1.54, 1.807) is 41.0 Å². The Morgan fingerprint density at radius 1 is 1.14 bits per heavy atom. The van der Waals surface area contributed by atoms with Crippen molar-refractivity contribution in [3.05, 3.63) is 88.6 Å². The smallest absolute Gasteiger partial charge is 0.356 e. The van der Waals surface area contributed by atoms with Gasteiger partial charge in [-0.2, -0.15) is 5.10 Å². The van der Waals surface area contributed by atoms with Gasteiger partial charge in [-0.3, -0.25) is 0 Å². The zero-order valence-corrected chi connectivity index (χ0v) is 15.7. The molecular formula is C21H15ClFN3O2. The third-order valence-corrected chi connectivity index (χ3v) is 4.60. The summed E-state index contributed by atoms with van der Waals surface area (Å²) < 4.78 is 19.8. The van der Waals surface area contributed by atoms with Crippen LogP contribution in [0, 0.1) is 5.82 Å². The number of ether oxygens (including phenoxy) is 1. The zero-order chi connectivity index (χ0) is 19.7. The number of fused-ring (bicyclic) bond motifs is 1. The second-order valence-corrected chi connectivity index (χ2v) is 6.63. The highest BCUT2D eigenvalue weighted by atomic mass is 35.5. The van der Waals surface area contributed by atoms with Gasteiger partial charge in [0.25, 0.3) is 0 Å². The molecule has 0 bridgehead atoms. The molecule has 0 fully saturated rings. The van der Waals surface area contributed by atoms with E-state index < -0.39 is 5.97 Å². The largest absolute Gasteiger partial charge is 0.464 e. The van der Waals surface area contributed by atoms with Crippen LogP contribution in [0.15, 0.2) is 60.8 Å². The van der Waals surface area contributed by atoms with E-state index in [2.05, 4.69) is 10.1 Å². The summed E-state index contributed by atoms with van der Waals surface area (Å²) in [6.07, 6.45) is 2.15. The average molecular weight is 396 g/mol. The molecule has 3 heterocycles. The predicted molar refractivity (Wildman–Crippen MR) is 104 cm³/mol. The molecule has 0 atom stereocenters. The molecule has 0 unspecified atom stereocenters.